The molecule has 0 aliphatic heterocycles. The van der Waals surface area contributed by atoms with Gasteiger partial charge in [-0.2, -0.15) is 0 Å². The van der Waals surface area contributed by atoms with Gasteiger partial charge >= 0.3 is 0 Å². The van der Waals surface area contributed by atoms with Gasteiger partial charge in [-0.3, -0.25) is 4.79 Å². The largest absolute Gasteiger partial charge is 0.486 e. The lowest BCUT2D eigenvalue weighted by Crippen LogP contribution is -2.14. The van der Waals surface area contributed by atoms with Crippen molar-refractivity contribution in [3.8, 4) is 17.0 Å². The standard InChI is InChI=1S/C24H24ClN5O2S2/c1-4-30-21(12-32-19-10-5-15(2)16(3)11-19)28-29-24(30)34-14-22(31)27-23-26-20(13-33-23)17-6-8-18(25)9-7-17/h5-11,13H,4,12,14H2,1-3H3,(H,26,27,31). The van der Waals surface area contributed by atoms with Crippen molar-refractivity contribution < 1.29 is 9.53 Å². The number of aromatic nitrogens is 4. The van der Waals surface area contributed by atoms with Gasteiger partial charge in [0.15, 0.2) is 16.1 Å². The van der Waals surface area contributed by atoms with Crippen LogP contribution in [0.4, 0.5) is 5.13 Å². The fourth-order valence-corrected chi connectivity index (χ4v) is 4.85. The van der Waals surface area contributed by atoms with Gasteiger partial charge in [-0.25, -0.2) is 4.98 Å². The molecule has 0 aliphatic carbocycles. The number of aryl methyl sites for hydroxylation is 2. The highest BCUT2D eigenvalue weighted by atomic mass is 35.5. The van der Waals surface area contributed by atoms with E-state index in [1.807, 2.05) is 59.3 Å². The summed E-state index contributed by atoms with van der Waals surface area (Å²) in [5, 5.41) is 15.2. The summed E-state index contributed by atoms with van der Waals surface area (Å²) in [6, 6.07) is 13.4. The molecule has 2 aromatic carbocycles. The van der Waals surface area contributed by atoms with Crippen LogP contribution in [-0.4, -0.2) is 31.4 Å². The first-order valence-electron chi connectivity index (χ1n) is 10.7. The van der Waals surface area contributed by atoms with Gasteiger partial charge < -0.3 is 14.6 Å². The average molecular weight is 514 g/mol. The number of carbonyl (C=O) groups is 1. The van der Waals surface area contributed by atoms with Crippen LogP contribution in [-0.2, 0) is 17.9 Å². The second kappa shape index (κ2) is 11.0. The third-order valence-corrected chi connectivity index (χ3v) is 7.16. The van der Waals surface area contributed by atoms with Gasteiger partial charge in [-0.15, -0.1) is 21.5 Å². The summed E-state index contributed by atoms with van der Waals surface area (Å²) in [5.41, 5.74) is 4.14. The lowest BCUT2D eigenvalue weighted by Gasteiger charge is -2.10. The fraction of sp³-hybridized carbons (Fsp3) is 0.250. The number of benzene rings is 2. The smallest absolute Gasteiger partial charge is 0.236 e. The number of carbonyl (C=O) groups excluding carboxylic acids is 1. The number of amides is 1. The third kappa shape index (κ3) is 5.97. The molecule has 7 nitrogen and oxygen atoms in total. The van der Waals surface area contributed by atoms with Crippen molar-refractivity contribution in [1.29, 1.82) is 0 Å². The Hall–Kier alpha value is -2.88. The van der Waals surface area contributed by atoms with Gasteiger partial charge in [-0.05, 0) is 56.2 Å². The summed E-state index contributed by atoms with van der Waals surface area (Å²) in [7, 11) is 0. The Morgan fingerprint density at radius 2 is 1.94 bits per heavy atom. The van der Waals surface area contributed by atoms with Crippen molar-refractivity contribution in [2.75, 3.05) is 11.1 Å². The maximum Gasteiger partial charge on any atom is 0.236 e. The number of nitrogens with one attached hydrogen (secondary N) is 1. The predicted molar refractivity (Wildman–Crippen MR) is 138 cm³/mol. The molecule has 4 aromatic rings. The summed E-state index contributed by atoms with van der Waals surface area (Å²) in [6.07, 6.45) is 0. The molecule has 0 unspecified atom stereocenters. The Morgan fingerprint density at radius 3 is 2.68 bits per heavy atom. The van der Waals surface area contributed by atoms with Gasteiger partial charge in [0.2, 0.25) is 5.91 Å². The zero-order valence-electron chi connectivity index (χ0n) is 19.0. The molecule has 1 amide bonds. The lowest BCUT2D eigenvalue weighted by atomic mass is 10.1. The van der Waals surface area contributed by atoms with Crippen LogP contribution in [0.25, 0.3) is 11.3 Å². The second-order valence-electron chi connectivity index (χ2n) is 7.56. The molecule has 4 rings (SSSR count). The van der Waals surface area contributed by atoms with Crippen molar-refractivity contribution in [2.24, 2.45) is 0 Å². The molecule has 0 aliphatic rings. The van der Waals surface area contributed by atoms with Crippen LogP contribution >= 0.6 is 34.7 Å². The first-order chi connectivity index (χ1) is 16.4. The number of thioether (sulfide) groups is 1. The molecule has 0 radical (unpaired) electrons. The number of nitrogens with zero attached hydrogens (tertiary/aromatic N) is 4. The summed E-state index contributed by atoms with van der Waals surface area (Å²) in [4.78, 5) is 17.0. The maximum atomic E-state index is 12.5. The number of thiazole rings is 1. The highest BCUT2D eigenvalue weighted by Crippen LogP contribution is 2.26. The van der Waals surface area contributed by atoms with Crippen LogP contribution in [0.5, 0.6) is 5.75 Å². The molecule has 176 valence electrons. The first-order valence-corrected chi connectivity index (χ1v) is 12.9. The van der Waals surface area contributed by atoms with Crippen LogP contribution in [0.3, 0.4) is 0 Å². The number of halogens is 1. The Kier molecular flexibility index (Phi) is 7.87. The highest BCUT2D eigenvalue weighted by molar-refractivity contribution is 7.99. The molecular formula is C24H24ClN5O2S2. The van der Waals surface area contributed by atoms with Gasteiger partial charge in [0.05, 0.1) is 11.4 Å². The van der Waals surface area contributed by atoms with E-state index < -0.39 is 0 Å². The number of hydrogen-bond donors (Lipinski definition) is 1. The van der Waals surface area contributed by atoms with E-state index in [0.717, 1.165) is 22.8 Å². The van der Waals surface area contributed by atoms with Crippen molar-refractivity contribution in [3.05, 3.63) is 69.8 Å². The van der Waals surface area contributed by atoms with Crippen LogP contribution in [0.2, 0.25) is 5.02 Å². The van der Waals surface area contributed by atoms with E-state index in [4.69, 9.17) is 16.3 Å². The van der Waals surface area contributed by atoms with Crippen molar-refractivity contribution >= 4 is 45.7 Å². The molecule has 34 heavy (non-hydrogen) atoms. The molecule has 0 saturated carbocycles. The average Bonchev–Trinajstić information content (AvgIpc) is 3.45. The van der Waals surface area contributed by atoms with E-state index in [9.17, 15) is 4.79 Å². The minimum Gasteiger partial charge on any atom is -0.486 e. The van der Waals surface area contributed by atoms with Crippen LogP contribution < -0.4 is 10.1 Å². The summed E-state index contributed by atoms with van der Waals surface area (Å²) in [5.74, 6) is 1.56. The van der Waals surface area contributed by atoms with Gasteiger partial charge in [0.25, 0.3) is 0 Å². The van der Waals surface area contributed by atoms with Crippen molar-refractivity contribution in [1.82, 2.24) is 19.7 Å². The van der Waals surface area contributed by atoms with E-state index in [1.54, 1.807) is 0 Å². The van der Waals surface area contributed by atoms with E-state index in [-0.39, 0.29) is 11.7 Å². The molecule has 0 fully saturated rings. The second-order valence-corrected chi connectivity index (χ2v) is 9.80. The van der Waals surface area contributed by atoms with Gasteiger partial charge in [-0.1, -0.05) is 41.6 Å². The van der Waals surface area contributed by atoms with Crippen LogP contribution in [0.15, 0.2) is 53.0 Å². The molecule has 2 aromatic heterocycles. The molecule has 1 N–H and O–H groups in total. The zero-order chi connectivity index (χ0) is 24.1. The number of hydrogen-bond acceptors (Lipinski definition) is 7. The third-order valence-electron chi connectivity index (χ3n) is 5.18. The fourth-order valence-electron chi connectivity index (χ4n) is 3.17. The highest BCUT2D eigenvalue weighted by Gasteiger charge is 2.15. The van der Waals surface area contributed by atoms with Gasteiger partial charge in [0, 0.05) is 22.5 Å². The van der Waals surface area contributed by atoms with Crippen molar-refractivity contribution in [3.63, 3.8) is 0 Å². The predicted octanol–water partition coefficient (Wildman–Crippen LogP) is 6.00. The first kappa shape index (κ1) is 24.3. The minimum atomic E-state index is -0.152. The number of anilines is 1. The Balaban J connectivity index is 1.32. The van der Waals surface area contributed by atoms with E-state index >= 15 is 0 Å². The quantitative estimate of drug-likeness (QED) is 0.276. The van der Waals surface area contributed by atoms with E-state index in [0.29, 0.717) is 28.5 Å². The summed E-state index contributed by atoms with van der Waals surface area (Å²) < 4.78 is 7.87. The minimum absolute atomic E-state index is 0.152. The maximum absolute atomic E-state index is 12.5. The monoisotopic (exact) mass is 513 g/mol. The van der Waals surface area contributed by atoms with E-state index in [1.165, 1.54) is 34.2 Å². The van der Waals surface area contributed by atoms with E-state index in [2.05, 4.69) is 34.3 Å². The van der Waals surface area contributed by atoms with Crippen LogP contribution in [0, 0.1) is 13.8 Å². The molecule has 0 atom stereocenters. The molecule has 0 saturated heterocycles. The molecular weight excluding hydrogens is 490 g/mol. The normalized spacial score (nSPS) is 10.9. The SMILES string of the molecule is CCn1c(COc2ccc(C)c(C)c2)nnc1SCC(=O)Nc1nc(-c2ccc(Cl)cc2)cs1. The Labute approximate surface area is 211 Å². The van der Waals surface area contributed by atoms with Gasteiger partial charge in [0.1, 0.15) is 12.4 Å². The number of rotatable bonds is 9. The topological polar surface area (TPSA) is 81.9 Å². The van der Waals surface area contributed by atoms with Crippen LogP contribution in [0.1, 0.15) is 23.9 Å². The lowest BCUT2D eigenvalue weighted by molar-refractivity contribution is -0.113. The summed E-state index contributed by atoms with van der Waals surface area (Å²) in [6.45, 7) is 7.13. The zero-order valence-corrected chi connectivity index (χ0v) is 21.4. The molecule has 0 bridgehead atoms. The Bertz CT molecular complexity index is 1290. The Morgan fingerprint density at radius 1 is 1.15 bits per heavy atom. The molecule has 2 heterocycles. The van der Waals surface area contributed by atoms with Crippen molar-refractivity contribution in [2.45, 2.75) is 39.1 Å². The molecule has 0 spiro atoms. The number of ether oxygens (including phenoxy) is 1. The molecule has 10 heteroatoms. The summed E-state index contributed by atoms with van der Waals surface area (Å²) >= 11 is 8.66.